The number of nitrogens with zero attached hydrogens (tertiary/aromatic N) is 1. The second kappa shape index (κ2) is 6.40. The Kier molecular flexibility index (Phi) is 4.26. The highest BCUT2D eigenvalue weighted by Crippen LogP contribution is 2.28. The van der Waals surface area contributed by atoms with Crippen LogP contribution in [0, 0.1) is 0 Å². The fourth-order valence-electron chi connectivity index (χ4n) is 3.55. The van der Waals surface area contributed by atoms with Gasteiger partial charge in [0.15, 0.2) is 0 Å². The number of hydrogen-bond donors (Lipinski definition) is 1. The topological polar surface area (TPSA) is 77.5 Å². The van der Waals surface area contributed by atoms with Crippen LogP contribution in [0.1, 0.15) is 19.3 Å². The lowest BCUT2D eigenvalue weighted by Crippen LogP contribution is -2.49. The van der Waals surface area contributed by atoms with Crippen molar-refractivity contribution in [3.8, 4) is 0 Å². The first-order valence-electron chi connectivity index (χ1n) is 8.23. The maximum absolute atomic E-state index is 12.9. The molecule has 1 saturated carbocycles. The summed E-state index contributed by atoms with van der Waals surface area (Å²) in [5.41, 5.74) is 0.499. The molecule has 1 aromatic heterocycles. The first kappa shape index (κ1) is 16.0. The van der Waals surface area contributed by atoms with Crippen molar-refractivity contribution < 1.29 is 17.9 Å². The Morgan fingerprint density at radius 2 is 1.83 bits per heavy atom. The Bertz CT molecular complexity index is 834. The normalized spacial score (nSPS) is 27.8. The van der Waals surface area contributed by atoms with E-state index in [1.165, 1.54) is 0 Å². The number of hydrogen-bond acceptors (Lipinski definition) is 5. The Balaban J connectivity index is 1.57. The molecule has 6 nitrogen and oxygen atoms in total. The van der Waals surface area contributed by atoms with Gasteiger partial charge in [-0.05, 0) is 31.4 Å². The van der Waals surface area contributed by atoms with E-state index in [-0.39, 0.29) is 23.1 Å². The Hall–Kier alpha value is -1.54. The molecule has 2 aliphatic rings. The van der Waals surface area contributed by atoms with Gasteiger partial charge in [0.25, 0.3) is 0 Å². The minimum Gasteiger partial charge on any atom is -0.373 e. The van der Waals surface area contributed by atoms with Crippen molar-refractivity contribution in [1.82, 2.24) is 9.71 Å². The minimum atomic E-state index is -3.63. The second-order valence-corrected chi connectivity index (χ2v) is 7.96. The summed E-state index contributed by atoms with van der Waals surface area (Å²) in [6.45, 7) is 1.20. The van der Waals surface area contributed by atoms with Crippen LogP contribution < -0.4 is 4.72 Å². The summed E-state index contributed by atoms with van der Waals surface area (Å²) in [7, 11) is -3.63. The average Bonchev–Trinajstić information content (AvgIpc) is 2.61. The molecule has 1 aliphatic carbocycles. The summed E-state index contributed by atoms with van der Waals surface area (Å²) in [4.78, 5) is 4.47. The molecular weight excluding hydrogens is 328 g/mol. The highest BCUT2D eigenvalue weighted by molar-refractivity contribution is 7.89. The molecule has 1 saturated heterocycles. The van der Waals surface area contributed by atoms with Crippen LogP contribution in [0.15, 0.2) is 41.4 Å². The third kappa shape index (κ3) is 3.04. The van der Waals surface area contributed by atoms with E-state index in [0.29, 0.717) is 25.2 Å². The summed E-state index contributed by atoms with van der Waals surface area (Å²) >= 11 is 0. The quantitative estimate of drug-likeness (QED) is 0.916. The standard InChI is InChI=1S/C17H20N2O4S/c20-24(21,16-5-1-3-12-4-2-8-18-17(12)16)19-13-6-7-14-15(11-13)23-10-9-22-14/h1-5,8,13-15,19H,6-7,9-11H2. The van der Waals surface area contributed by atoms with Crippen molar-refractivity contribution in [1.29, 1.82) is 0 Å². The predicted molar refractivity (Wildman–Crippen MR) is 89.2 cm³/mol. The molecule has 2 fully saturated rings. The number of pyridine rings is 1. The van der Waals surface area contributed by atoms with Gasteiger partial charge in [0, 0.05) is 17.6 Å². The lowest BCUT2D eigenvalue weighted by Gasteiger charge is -2.38. The molecule has 1 N–H and O–H groups in total. The first-order valence-corrected chi connectivity index (χ1v) is 9.71. The molecule has 1 aromatic carbocycles. The zero-order valence-electron chi connectivity index (χ0n) is 13.2. The summed E-state index contributed by atoms with van der Waals surface area (Å²) in [5, 5.41) is 0.813. The first-order chi connectivity index (χ1) is 11.6. The predicted octanol–water partition coefficient (Wildman–Crippen LogP) is 1.85. The van der Waals surface area contributed by atoms with Crippen molar-refractivity contribution in [3.63, 3.8) is 0 Å². The summed E-state index contributed by atoms with van der Waals surface area (Å²) in [5.74, 6) is 0. The van der Waals surface area contributed by atoms with E-state index in [0.717, 1.165) is 18.2 Å². The molecule has 3 atom stereocenters. The molecule has 0 amide bonds. The number of sulfonamides is 1. The molecule has 3 unspecified atom stereocenters. The largest absolute Gasteiger partial charge is 0.373 e. The fourth-order valence-corrected chi connectivity index (χ4v) is 5.01. The lowest BCUT2D eigenvalue weighted by atomic mass is 9.90. The van der Waals surface area contributed by atoms with Crippen LogP contribution in [0.3, 0.4) is 0 Å². The second-order valence-electron chi connectivity index (χ2n) is 6.28. The van der Waals surface area contributed by atoms with Gasteiger partial charge in [-0.1, -0.05) is 18.2 Å². The number of benzene rings is 1. The van der Waals surface area contributed by atoms with Gasteiger partial charge in [-0.3, -0.25) is 4.98 Å². The number of nitrogens with one attached hydrogen (secondary N) is 1. The van der Waals surface area contributed by atoms with Crippen molar-refractivity contribution in [2.24, 2.45) is 0 Å². The van der Waals surface area contributed by atoms with E-state index in [9.17, 15) is 8.42 Å². The van der Waals surface area contributed by atoms with E-state index in [1.54, 1.807) is 24.4 Å². The van der Waals surface area contributed by atoms with Gasteiger partial charge in [0.05, 0.1) is 30.9 Å². The van der Waals surface area contributed by atoms with Crippen molar-refractivity contribution in [2.75, 3.05) is 13.2 Å². The van der Waals surface area contributed by atoms with Crippen LogP contribution in [-0.4, -0.2) is 44.9 Å². The summed E-state index contributed by atoms with van der Waals surface area (Å²) in [6, 6.07) is 8.72. The van der Waals surface area contributed by atoms with Crippen molar-refractivity contribution in [3.05, 3.63) is 36.5 Å². The Morgan fingerprint density at radius 3 is 2.71 bits per heavy atom. The van der Waals surface area contributed by atoms with Crippen LogP contribution in [0.2, 0.25) is 0 Å². The number of ether oxygens (including phenoxy) is 2. The molecule has 0 spiro atoms. The third-order valence-corrected chi connectivity index (χ3v) is 6.24. The molecule has 1 aliphatic heterocycles. The SMILES string of the molecule is O=S(=O)(NC1CCC2OCCOC2C1)c1cccc2cccnc12. The van der Waals surface area contributed by atoms with Gasteiger partial charge in [-0.2, -0.15) is 0 Å². The Morgan fingerprint density at radius 1 is 1.04 bits per heavy atom. The molecule has 24 heavy (non-hydrogen) atoms. The van der Waals surface area contributed by atoms with Crippen molar-refractivity contribution in [2.45, 2.75) is 42.4 Å². The van der Waals surface area contributed by atoms with Gasteiger partial charge in [-0.15, -0.1) is 0 Å². The molecule has 7 heteroatoms. The summed E-state index contributed by atoms with van der Waals surface area (Å²) < 4.78 is 40.0. The average molecular weight is 348 g/mol. The molecule has 128 valence electrons. The fraction of sp³-hybridized carbons (Fsp3) is 0.471. The molecular formula is C17H20N2O4S. The van der Waals surface area contributed by atoms with Gasteiger partial charge >= 0.3 is 0 Å². The van der Waals surface area contributed by atoms with Gasteiger partial charge in [-0.25, -0.2) is 13.1 Å². The zero-order chi connectivity index (χ0) is 16.6. The highest BCUT2D eigenvalue weighted by atomic mass is 32.2. The number of para-hydroxylation sites is 1. The monoisotopic (exact) mass is 348 g/mol. The van der Waals surface area contributed by atoms with Crippen molar-refractivity contribution >= 4 is 20.9 Å². The van der Waals surface area contributed by atoms with E-state index in [2.05, 4.69) is 9.71 Å². The van der Waals surface area contributed by atoms with E-state index in [4.69, 9.17) is 9.47 Å². The molecule has 4 rings (SSSR count). The van der Waals surface area contributed by atoms with Crippen LogP contribution in [0.5, 0.6) is 0 Å². The maximum atomic E-state index is 12.9. The van der Waals surface area contributed by atoms with E-state index in [1.807, 2.05) is 12.1 Å². The van der Waals surface area contributed by atoms with Crippen LogP contribution >= 0.6 is 0 Å². The van der Waals surface area contributed by atoms with Gasteiger partial charge in [0.2, 0.25) is 10.0 Å². The number of fused-ring (bicyclic) bond motifs is 2. The van der Waals surface area contributed by atoms with Crippen LogP contribution in [-0.2, 0) is 19.5 Å². The molecule has 0 bridgehead atoms. The van der Waals surface area contributed by atoms with Crippen LogP contribution in [0.4, 0.5) is 0 Å². The Labute approximate surface area is 141 Å². The number of rotatable bonds is 3. The zero-order valence-corrected chi connectivity index (χ0v) is 14.0. The van der Waals surface area contributed by atoms with Gasteiger partial charge < -0.3 is 9.47 Å². The van der Waals surface area contributed by atoms with Crippen LogP contribution in [0.25, 0.3) is 10.9 Å². The molecule has 2 aromatic rings. The molecule has 0 radical (unpaired) electrons. The smallest absolute Gasteiger partial charge is 0.242 e. The summed E-state index contributed by atoms with van der Waals surface area (Å²) in [6.07, 6.45) is 3.89. The number of aromatic nitrogens is 1. The maximum Gasteiger partial charge on any atom is 0.242 e. The van der Waals surface area contributed by atoms with Gasteiger partial charge in [0.1, 0.15) is 4.90 Å². The van der Waals surface area contributed by atoms with E-state index >= 15 is 0 Å². The lowest BCUT2D eigenvalue weighted by molar-refractivity contribution is -0.156. The molecule has 2 heterocycles. The van der Waals surface area contributed by atoms with E-state index < -0.39 is 10.0 Å². The highest BCUT2D eigenvalue weighted by Gasteiger charge is 2.36. The third-order valence-electron chi connectivity index (χ3n) is 4.69. The minimum absolute atomic E-state index is 0.0224.